The van der Waals surface area contributed by atoms with Crippen LogP contribution in [0.5, 0.6) is 0 Å². The monoisotopic (exact) mass is 327 g/mol. The molecule has 4 nitrogen and oxygen atoms in total. The number of hydrogen-bond acceptors (Lipinski definition) is 3. The van der Waals surface area contributed by atoms with Gasteiger partial charge in [-0.2, -0.15) is 24.9 Å². The average molecular weight is 327 g/mol. The molecule has 0 bridgehead atoms. The van der Waals surface area contributed by atoms with Crippen LogP contribution in [0.25, 0.3) is 0 Å². The zero-order valence-electron chi connectivity index (χ0n) is 11.8. The number of rotatable bonds is 6. The lowest BCUT2D eigenvalue weighted by atomic mass is 9.78. The van der Waals surface area contributed by atoms with Crippen LogP contribution in [0.15, 0.2) is 0 Å². The lowest BCUT2D eigenvalue weighted by Crippen LogP contribution is -2.48. The normalized spacial score (nSPS) is 24.4. The van der Waals surface area contributed by atoms with E-state index in [2.05, 4.69) is 5.32 Å². The molecule has 8 heteroatoms. The maximum absolute atomic E-state index is 13.0. The van der Waals surface area contributed by atoms with Crippen LogP contribution in [0.2, 0.25) is 0 Å². The van der Waals surface area contributed by atoms with E-state index in [1.54, 1.807) is 6.26 Å². The van der Waals surface area contributed by atoms with Gasteiger partial charge in [-0.1, -0.05) is 12.8 Å². The number of halogens is 3. The Labute approximate surface area is 125 Å². The fourth-order valence-corrected chi connectivity index (χ4v) is 3.08. The minimum absolute atomic E-state index is 0.0653. The summed E-state index contributed by atoms with van der Waals surface area (Å²) in [5.41, 5.74) is 0. The Morgan fingerprint density at radius 3 is 2.48 bits per heavy atom. The van der Waals surface area contributed by atoms with Gasteiger partial charge in [0.2, 0.25) is 5.91 Å². The molecule has 1 rings (SSSR count). The molecule has 1 amide bonds. The summed E-state index contributed by atoms with van der Waals surface area (Å²) in [4.78, 5) is 23.1. The van der Waals surface area contributed by atoms with Crippen LogP contribution >= 0.6 is 11.8 Å². The summed E-state index contributed by atoms with van der Waals surface area (Å²) in [6.07, 6.45) is -1.32. The number of aliphatic carboxylic acids is 1. The van der Waals surface area contributed by atoms with Gasteiger partial charge in [-0.3, -0.25) is 4.79 Å². The lowest BCUT2D eigenvalue weighted by molar-refractivity contribution is -0.198. The third-order valence-electron chi connectivity index (χ3n) is 3.75. The topological polar surface area (TPSA) is 66.4 Å². The Kier molecular flexibility index (Phi) is 6.83. The van der Waals surface area contributed by atoms with Crippen LogP contribution in [0, 0.1) is 11.8 Å². The van der Waals surface area contributed by atoms with E-state index in [4.69, 9.17) is 5.11 Å². The molecule has 0 saturated heterocycles. The molecule has 0 aromatic heterocycles. The van der Waals surface area contributed by atoms with Crippen LogP contribution in [0.1, 0.15) is 32.1 Å². The third-order valence-corrected chi connectivity index (χ3v) is 4.39. The standard InChI is InChI=1S/C13H20F3NO3S/c1-21-7-6-10(12(19)20)17-11(18)8-4-2-3-5-9(8)13(14,15)16/h8-10H,2-7H2,1H3,(H,17,18)(H,19,20)/t8?,9?,10-/m1/s1. The molecular weight excluding hydrogens is 307 g/mol. The number of thioether (sulfide) groups is 1. The van der Waals surface area contributed by atoms with Crippen molar-refractivity contribution in [3.05, 3.63) is 0 Å². The quantitative estimate of drug-likeness (QED) is 0.787. The third kappa shape index (κ3) is 5.41. The molecule has 0 heterocycles. The van der Waals surface area contributed by atoms with Crippen molar-refractivity contribution in [2.75, 3.05) is 12.0 Å². The largest absolute Gasteiger partial charge is 0.480 e. The molecule has 1 saturated carbocycles. The van der Waals surface area contributed by atoms with Crippen molar-refractivity contribution in [3.63, 3.8) is 0 Å². The van der Waals surface area contributed by atoms with Gasteiger partial charge in [-0.15, -0.1) is 0 Å². The number of amides is 1. The van der Waals surface area contributed by atoms with E-state index in [0.29, 0.717) is 18.6 Å². The first-order valence-electron chi connectivity index (χ1n) is 6.86. The molecule has 0 aliphatic heterocycles. The van der Waals surface area contributed by atoms with Gasteiger partial charge in [0.05, 0.1) is 5.92 Å². The Hall–Kier alpha value is -0.920. The number of nitrogens with one attached hydrogen (secondary N) is 1. The van der Waals surface area contributed by atoms with Gasteiger partial charge >= 0.3 is 12.1 Å². The molecule has 1 aliphatic carbocycles. The minimum Gasteiger partial charge on any atom is -0.480 e. The predicted molar refractivity (Wildman–Crippen MR) is 74.1 cm³/mol. The molecule has 1 fully saturated rings. The summed E-state index contributed by atoms with van der Waals surface area (Å²) < 4.78 is 38.9. The second-order valence-corrected chi connectivity index (χ2v) is 6.21. The molecule has 21 heavy (non-hydrogen) atoms. The minimum atomic E-state index is -4.42. The molecule has 2 unspecified atom stereocenters. The molecule has 2 N–H and O–H groups in total. The highest BCUT2D eigenvalue weighted by Gasteiger charge is 2.48. The zero-order chi connectivity index (χ0) is 16.0. The molecule has 0 radical (unpaired) electrons. The number of carboxylic acid groups (broad SMARTS) is 1. The smallest absolute Gasteiger partial charge is 0.392 e. The predicted octanol–water partition coefficient (Wildman–Crippen LogP) is 2.68. The van der Waals surface area contributed by atoms with Crippen molar-refractivity contribution in [2.45, 2.75) is 44.3 Å². The Morgan fingerprint density at radius 2 is 1.95 bits per heavy atom. The summed E-state index contributed by atoms with van der Waals surface area (Å²) in [7, 11) is 0. The van der Waals surface area contributed by atoms with Gasteiger partial charge < -0.3 is 10.4 Å². The molecule has 122 valence electrons. The Balaban J connectivity index is 2.72. The SMILES string of the molecule is CSCC[C@@H](NC(=O)C1CCCCC1C(F)(F)F)C(=O)O. The Morgan fingerprint density at radius 1 is 1.33 bits per heavy atom. The van der Waals surface area contributed by atoms with Crippen molar-refractivity contribution in [1.29, 1.82) is 0 Å². The van der Waals surface area contributed by atoms with Crippen LogP contribution in [0.4, 0.5) is 13.2 Å². The number of hydrogen-bond donors (Lipinski definition) is 2. The second-order valence-electron chi connectivity index (χ2n) is 5.22. The second kappa shape index (κ2) is 7.91. The lowest BCUT2D eigenvalue weighted by Gasteiger charge is -2.32. The van der Waals surface area contributed by atoms with Gasteiger partial charge in [-0.05, 0) is 31.3 Å². The molecule has 3 atom stereocenters. The van der Waals surface area contributed by atoms with Gasteiger partial charge in [0.1, 0.15) is 6.04 Å². The molecular formula is C13H20F3NO3S. The zero-order valence-corrected chi connectivity index (χ0v) is 12.6. The first kappa shape index (κ1) is 18.1. The van der Waals surface area contributed by atoms with Crippen molar-refractivity contribution >= 4 is 23.6 Å². The summed E-state index contributed by atoms with van der Waals surface area (Å²) in [6, 6.07) is -1.12. The van der Waals surface area contributed by atoms with Crippen molar-refractivity contribution in [3.8, 4) is 0 Å². The fraction of sp³-hybridized carbons (Fsp3) is 0.846. The van der Waals surface area contributed by atoms with E-state index < -0.39 is 35.9 Å². The van der Waals surface area contributed by atoms with Crippen molar-refractivity contribution in [1.82, 2.24) is 5.32 Å². The van der Waals surface area contributed by atoms with E-state index in [0.717, 1.165) is 0 Å². The van der Waals surface area contributed by atoms with E-state index in [1.165, 1.54) is 11.8 Å². The molecule has 0 aromatic rings. The number of carbonyl (C=O) groups excluding carboxylic acids is 1. The van der Waals surface area contributed by atoms with Gasteiger partial charge in [0.25, 0.3) is 0 Å². The first-order valence-corrected chi connectivity index (χ1v) is 8.25. The highest BCUT2D eigenvalue weighted by atomic mass is 32.2. The fourth-order valence-electron chi connectivity index (χ4n) is 2.61. The maximum Gasteiger partial charge on any atom is 0.392 e. The molecule has 1 aliphatic rings. The first-order chi connectivity index (χ1) is 9.77. The van der Waals surface area contributed by atoms with Gasteiger partial charge in [0.15, 0.2) is 0 Å². The molecule has 0 spiro atoms. The number of alkyl halides is 3. The van der Waals surface area contributed by atoms with E-state index in [9.17, 15) is 22.8 Å². The highest BCUT2D eigenvalue weighted by Crippen LogP contribution is 2.41. The van der Waals surface area contributed by atoms with Crippen LogP contribution in [-0.2, 0) is 9.59 Å². The van der Waals surface area contributed by atoms with Crippen molar-refractivity contribution < 1.29 is 27.9 Å². The Bertz CT molecular complexity index is 376. The van der Waals surface area contributed by atoms with E-state index >= 15 is 0 Å². The van der Waals surface area contributed by atoms with Crippen molar-refractivity contribution in [2.24, 2.45) is 11.8 Å². The van der Waals surface area contributed by atoms with Gasteiger partial charge in [-0.25, -0.2) is 4.79 Å². The summed E-state index contributed by atoms with van der Waals surface area (Å²) >= 11 is 1.42. The van der Waals surface area contributed by atoms with E-state index in [1.807, 2.05) is 0 Å². The van der Waals surface area contributed by atoms with Crippen LogP contribution in [0.3, 0.4) is 0 Å². The van der Waals surface area contributed by atoms with Crippen LogP contribution < -0.4 is 5.32 Å². The van der Waals surface area contributed by atoms with Crippen LogP contribution in [-0.4, -0.2) is 41.2 Å². The summed E-state index contributed by atoms with van der Waals surface area (Å²) in [6.45, 7) is 0. The summed E-state index contributed by atoms with van der Waals surface area (Å²) in [5.74, 6) is -4.32. The van der Waals surface area contributed by atoms with Gasteiger partial charge in [0, 0.05) is 5.92 Å². The highest BCUT2D eigenvalue weighted by molar-refractivity contribution is 7.98. The summed E-state index contributed by atoms with van der Waals surface area (Å²) in [5, 5.41) is 11.3. The van der Waals surface area contributed by atoms with E-state index in [-0.39, 0.29) is 19.3 Å². The number of carbonyl (C=O) groups is 2. The average Bonchev–Trinajstić information content (AvgIpc) is 2.42. The number of carboxylic acids is 1. The molecule has 0 aromatic carbocycles. The maximum atomic E-state index is 13.0.